The van der Waals surface area contributed by atoms with Gasteiger partial charge in [0.25, 0.3) is 5.91 Å². The first-order valence-electron chi connectivity index (χ1n) is 7.20. The minimum atomic E-state index is 0.0258. The van der Waals surface area contributed by atoms with E-state index in [-0.39, 0.29) is 5.91 Å². The first-order valence-corrected chi connectivity index (χ1v) is 8.08. The maximum atomic E-state index is 12.9. The minimum absolute atomic E-state index is 0.0258. The Kier molecular flexibility index (Phi) is 4.35. The van der Waals surface area contributed by atoms with E-state index in [1.54, 1.807) is 11.3 Å². The van der Waals surface area contributed by atoms with Crippen LogP contribution >= 0.6 is 11.3 Å². The fraction of sp³-hybridized carbons (Fsp3) is 0.105. The van der Waals surface area contributed by atoms with Gasteiger partial charge in [0, 0.05) is 16.1 Å². The van der Waals surface area contributed by atoms with Crippen LogP contribution in [0.2, 0.25) is 0 Å². The zero-order valence-corrected chi connectivity index (χ0v) is 13.2. The number of carbonyl (C=O) groups is 1. The predicted molar refractivity (Wildman–Crippen MR) is 92.5 cm³/mol. The number of hydrogen-bond donors (Lipinski definition) is 0. The summed E-state index contributed by atoms with van der Waals surface area (Å²) in [6.45, 7) is 2.64. The largest absolute Gasteiger partial charge is 0.303 e. The molecule has 0 atom stereocenters. The molecule has 2 aromatic carbocycles. The van der Waals surface area contributed by atoms with Crippen molar-refractivity contribution in [1.82, 2.24) is 0 Å². The van der Waals surface area contributed by atoms with Gasteiger partial charge < -0.3 is 4.90 Å². The third kappa shape index (κ3) is 3.26. The highest BCUT2D eigenvalue weighted by Gasteiger charge is 2.18. The molecular formula is C19H17NOS. The van der Waals surface area contributed by atoms with Crippen LogP contribution in [0.25, 0.3) is 0 Å². The summed E-state index contributed by atoms with van der Waals surface area (Å²) in [5.41, 5.74) is 2.82. The number of benzene rings is 2. The zero-order valence-electron chi connectivity index (χ0n) is 12.4. The van der Waals surface area contributed by atoms with Crippen LogP contribution in [0.1, 0.15) is 20.8 Å². The van der Waals surface area contributed by atoms with Crippen molar-refractivity contribution in [3.8, 4) is 0 Å². The molecule has 0 radical (unpaired) electrons. The normalized spacial score (nSPS) is 10.4. The Morgan fingerprint density at radius 1 is 0.955 bits per heavy atom. The van der Waals surface area contributed by atoms with Crippen LogP contribution in [0.3, 0.4) is 0 Å². The van der Waals surface area contributed by atoms with E-state index in [2.05, 4.69) is 6.07 Å². The van der Waals surface area contributed by atoms with Crippen LogP contribution in [-0.4, -0.2) is 5.91 Å². The van der Waals surface area contributed by atoms with E-state index in [9.17, 15) is 4.79 Å². The van der Waals surface area contributed by atoms with Gasteiger partial charge >= 0.3 is 0 Å². The monoisotopic (exact) mass is 307 g/mol. The van der Waals surface area contributed by atoms with Crippen molar-refractivity contribution < 1.29 is 4.79 Å². The first kappa shape index (κ1) is 14.5. The zero-order chi connectivity index (χ0) is 15.4. The number of hydrogen-bond acceptors (Lipinski definition) is 2. The summed E-state index contributed by atoms with van der Waals surface area (Å²) in [7, 11) is 0. The van der Waals surface area contributed by atoms with E-state index in [4.69, 9.17) is 0 Å². The molecule has 22 heavy (non-hydrogen) atoms. The molecule has 0 N–H and O–H groups in total. The van der Waals surface area contributed by atoms with Crippen molar-refractivity contribution in [2.45, 2.75) is 13.5 Å². The second kappa shape index (κ2) is 6.58. The number of anilines is 1. The molecule has 0 bridgehead atoms. The van der Waals surface area contributed by atoms with Crippen LogP contribution in [-0.2, 0) is 6.54 Å². The van der Waals surface area contributed by atoms with Gasteiger partial charge in [-0.15, -0.1) is 11.3 Å². The summed E-state index contributed by atoms with van der Waals surface area (Å²) in [6, 6.07) is 21.6. The average molecular weight is 307 g/mol. The summed E-state index contributed by atoms with van der Waals surface area (Å²) in [6.07, 6.45) is 0. The smallest absolute Gasteiger partial charge is 0.258 e. The van der Waals surface area contributed by atoms with E-state index < -0.39 is 0 Å². The highest BCUT2D eigenvalue weighted by molar-refractivity contribution is 7.09. The molecule has 110 valence electrons. The average Bonchev–Trinajstić information content (AvgIpc) is 3.07. The molecule has 0 aliphatic heterocycles. The molecule has 1 heterocycles. The van der Waals surface area contributed by atoms with Crippen LogP contribution in [0.5, 0.6) is 0 Å². The highest BCUT2D eigenvalue weighted by Crippen LogP contribution is 2.22. The lowest BCUT2D eigenvalue weighted by molar-refractivity contribution is 0.0985. The third-order valence-corrected chi connectivity index (χ3v) is 4.37. The second-order valence-corrected chi connectivity index (χ2v) is 6.20. The number of carbonyl (C=O) groups excluding carboxylic acids is 1. The van der Waals surface area contributed by atoms with Gasteiger partial charge in [-0.2, -0.15) is 0 Å². The van der Waals surface area contributed by atoms with Crippen molar-refractivity contribution in [1.29, 1.82) is 0 Å². The van der Waals surface area contributed by atoms with Crippen LogP contribution in [0.15, 0.2) is 72.1 Å². The summed E-state index contributed by atoms with van der Waals surface area (Å²) >= 11 is 1.67. The summed E-state index contributed by atoms with van der Waals surface area (Å²) < 4.78 is 0. The van der Waals surface area contributed by atoms with E-state index >= 15 is 0 Å². The number of aryl methyl sites for hydroxylation is 1. The number of amides is 1. The molecule has 1 amide bonds. The fourth-order valence-electron chi connectivity index (χ4n) is 2.30. The Balaban J connectivity index is 1.95. The lowest BCUT2D eigenvalue weighted by atomic mass is 10.1. The molecule has 3 aromatic rings. The van der Waals surface area contributed by atoms with Crippen LogP contribution in [0.4, 0.5) is 5.69 Å². The Hall–Kier alpha value is -2.39. The molecule has 0 saturated heterocycles. The quantitative estimate of drug-likeness (QED) is 0.671. The molecule has 0 saturated carbocycles. The predicted octanol–water partition coefficient (Wildman–Crippen LogP) is 4.90. The molecular weight excluding hydrogens is 290 g/mol. The maximum absolute atomic E-state index is 12.9. The Morgan fingerprint density at radius 2 is 1.68 bits per heavy atom. The molecule has 0 fully saturated rings. The summed E-state index contributed by atoms with van der Waals surface area (Å²) in [5.74, 6) is 0.0258. The first-order chi connectivity index (χ1) is 10.7. The summed E-state index contributed by atoms with van der Waals surface area (Å²) in [4.78, 5) is 15.9. The molecule has 0 spiro atoms. The van der Waals surface area contributed by atoms with Crippen molar-refractivity contribution in [2.24, 2.45) is 0 Å². The van der Waals surface area contributed by atoms with E-state index in [1.165, 1.54) is 10.4 Å². The Labute approximate surface area is 134 Å². The molecule has 2 nitrogen and oxygen atoms in total. The Bertz CT molecular complexity index is 733. The van der Waals surface area contributed by atoms with Crippen molar-refractivity contribution in [2.75, 3.05) is 4.90 Å². The summed E-state index contributed by atoms with van der Waals surface area (Å²) in [5, 5.41) is 2.04. The van der Waals surface area contributed by atoms with Crippen molar-refractivity contribution in [3.05, 3.63) is 88.1 Å². The van der Waals surface area contributed by atoms with E-state index in [0.29, 0.717) is 12.1 Å². The van der Waals surface area contributed by atoms with E-state index in [1.807, 2.05) is 77.9 Å². The standard InChI is InChI=1S/C19H17NOS/c1-15-9-11-17(12-10-15)20(14-18-8-5-13-22-18)19(21)16-6-3-2-4-7-16/h2-13H,14H2,1H3. The molecule has 0 aliphatic carbocycles. The lowest BCUT2D eigenvalue weighted by Crippen LogP contribution is -2.30. The van der Waals surface area contributed by atoms with Gasteiger partial charge in [0.2, 0.25) is 0 Å². The van der Waals surface area contributed by atoms with E-state index in [0.717, 1.165) is 5.69 Å². The molecule has 3 heteroatoms. The maximum Gasteiger partial charge on any atom is 0.258 e. The molecule has 0 aliphatic rings. The van der Waals surface area contributed by atoms with Gasteiger partial charge in [0.15, 0.2) is 0 Å². The molecule has 3 rings (SSSR count). The van der Waals surface area contributed by atoms with Gasteiger partial charge in [-0.3, -0.25) is 4.79 Å². The highest BCUT2D eigenvalue weighted by atomic mass is 32.1. The lowest BCUT2D eigenvalue weighted by Gasteiger charge is -2.22. The van der Waals surface area contributed by atoms with Gasteiger partial charge in [-0.05, 0) is 42.6 Å². The number of nitrogens with zero attached hydrogens (tertiary/aromatic N) is 1. The van der Waals surface area contributed by atoms with Gasteiger partial charge in [0.1, 0.15) is 0 Å². The van der Waals surface area contributed by atoms with Crippen LogP contribution < -0.4 is 4.90 Å². The fourth-order valence-corrected chi connectivity index (χ4v) is 2.99. The molecule has 0 unspecified atom stereocenters. The second-order valence-electron chi connectivity index (χ2n) is 5.17. The number of thiophene rings is 1. The van der Waals surface area contributed by atoms with Gasteiger partial charge in [0.05, 0.1) is 6.54 Å². The molecule has 1 aromatic heterocycles. The van der Waals surface area contributed by atoms with Crippen molar-refractivity contribution >= 4 is 22.9 Å². The SMILES string of the molecule is Cc1ccc(N(Cc2cccs2)C(=O)c2ccccc2)cc1. The topological polar surface area (TPSA) is 20.3 Å². The number of rotatable bonds is 4. The van der Waals surface area contributed by atoms with Crippen LogP contribution in [0, 0.1) is 6.92 Å². The van der Waals surface area contributed by atoms with Gasteiger partial charge in [-0.1, -0.05) is 42.0 Å². The Morgan fingerprint density at radius 3 is 2.32 bits per heavy atom. The van der Waals surface area contributed by atoms with Crippen molar-refractivity contribution in [3.63, 3.8) is 0 Å². The minimum Gasteiger partial charge on any atom is -0.303 e. The third-order valence-electron chi connectivity index (χ3n) is 3.51. The van der Waals surface area contributed by atoms with Gasteiger partial charge in [-0.25, -0.2) is 0 Å².